The number of nitrogens with one attached hydrogen (secondary N) is 1. The molecule has 0 bridgehead atoms. The number of benzene rings is 1. The Balaban J connectivity index is 1.93. The number of hydrogen-bond donors (Lipinski definition) is 1. The largest absolute Gasteiger partial charge is 0.497 e. The van der Waals surface area contributed by atoms with Crippen molar-refractivity contribution in [3.8, 4) is 5.75 Å². The highest BCUT2D eigenvalue weighted by molar-refractivity contribution is 9.10. The highest BCUT2D eigenvalue weighted by Gasteiger charge is 2.34. The number of methoxy groups -OCH3 is 1. The third-order valence-corrected chi connectivity index (χ3v) is 4.03. The van der Waals surface area contributed by atoms with Crippen LogP contribution in [0.4, 0.5) is 0 Å². The highest BCUT2D eigenvalue weighted by Crippen LogP contribution is 2.33. The first kappa shape index (κ1) is 11.9. The molecule has 88 valence electrons. The van der Waals surface area contributed by atoms with Gasteiger partial charge >= 0.3 is 0 Å². The van der Waals surface area contributed by atoms with Crippen LogP contribution in [0.15, 0.2) is 22.7 Å². The average molecular weight is 284 g/mol. The molecule has 0 heterocycles. The molecule has 1 N–H and O–H groups in total. The zero-order valence-electron chi connectivity index (χ0n) is 9.79. The van der Waals surface area contributed by atoms with Crippen LogP contribution in [-0.2, 0) is 6.54 Å². The van der Waals surface area contributed by atoms with Gasteiger partial charge in [-0.2, -0.15) is 0 Å². The highest BCUT2D eigenvalue weighted by atomic mass is 79.9. The Morgan fingerprint density at radius 2 is 2.31 bits per heavy atom. The normalized spacial score (nSPS) is 23.2. The predicted molar refractivity (Wildman–Crippen MR) is 69.7 cm³/mol. The van der Waals surface area contributed by atoms with E-state index >= 15 is 0 Å². The first-order chi connectivity index (χ1) is 7.74. The van der Waals surface area contributed by atoms with Crippen molar-refractivity contribution in [2.75, 3.05) is 7.11 Å². The van der Waals surface area contributed by atoms with Crippen LogP contribution in [0.25, 0.3) is 0 Å². The smallest absolute Gasteiger partial charge is 0.119 e. The van der Waals surface area contributed by atoms with Gasteiger partial charge in [0.15, 0.2) is 0 Å². The average Bonchev–Trinajstić information content (AvgIpc) is 3.07. The van der Waals surface area contributed by atoms with Crippen molar-refractivity contribution in [1.29, 1.82) is 0 Å². The van der Waals surface area contributed by atoms with Gasteiger partial charge in [0.2, 0.25) is 0 Å². The summed E-state index contributed by atoms with van der Waals surface area (Å²) < 4.78 is 6.37. The lowest BCUT2D eigenvalue weighted by atomic mass is 10.2. The molecule has 1 fully saturated rings. The van der Waals surface area contributed by atoms with Gasteiger partial charge in [0.05, 0.1) is 7.11 Å². The van der Waals surface area contributed by atoms with Crippen molar-refractivity contribution in [1.82, 2.24) is 5.32 Å². The third kappa shape index (κ3) is 2.77. The Morgan fingerprint density at radius 3 is 2.94 bits per heavy atom. The molecule has 1 aliphatic rings. The topological polar surface area (TPSA) is 21.3 Å². The molecule has 0 radical (unpaired) electrons. The van der Waals surface area contributed by atoms with Crippen molar-refractivity contribution in [2.45, 2.75) is 32.4 Å². The fraction of sp³-hybridized carbons (Fsp3) is 0.538. The molecule has 0 aromatic heterocycles. The summed E-state index contributed by atoms with van der Waals surface area (Å²) in [7, 11) is 1.70. The summed E-state index contributed by atoms with van der Waals surface area (Å²) in [5, 5.41) is 3.58. The molecule has 2 rings (SSSR count). The lowest BCUT2D eigenvalue weighted by Gasteiger charge is -2.08. The Bertz CT molecular complexity index is 367. The molecule has 1 aliphatic carbocycles. The fourth-order valence-electron chi connectivity index (χ4n) is 2.00. The van der Waals surface area contributed by atoms with Crippen LogP contribution < -0.4 is 10.1 Å². The van der Waals surface area contributed by atoms with Crippen molar-refractivity contribution in [3.63, 3.8) is 0 Å². The minimum absolute atomic E-state index is 0.725. The summed E-state index contributed by atoms with van der Waals surface area (Å²) in [6, 6.07) is 6.82. The van der Waals surface area contributed by atoms with E-state index in [9.17, 15) is 0 Å². The Hall–Kier alpha value is -0.540. The van der Waals surface area contributed by atoms with Crippen LogP contribution >= 0.6 is 15.9 Å². The first-order valence-electron chi connectivity index (χ1n) is 5.80. The SMILES string of the molecule is CCC1CC1NCc1cc(OC)ccc1Br. The Labute approximate surface area is 106 Å². The van der Waals surface area contributed by atoms with E-state index in [4.69, 9.17) is 4.74 Å². The molecule has 2 nitrogen and oxygen atoms in total. The first-order valence-corrected chi connectivity index (χ1v) is 6.59. The van der Waals surface area contributed by atoms with Gasteiger partial charge in [0.1, 0.15) is 5.75 Å². The molecular weight excluding hydrogens is 266 g/mol. The molecule has 2 atom stereocenters. The molecule has 3 heteroatoms. The van der Waals surface area contributed by atoms with E-state index in [0.29, 0.717) is 0 Å². The summed E-state index contributed by atoms with van der Waals surface area (Å²) in [5.41, 5.74) is 1.26. The lowest BCUT2D eigenvalue weighted by molar-refractivity contribution is 0.414. The molecule has 0 aliphatic heterocycles. The molecule has 0 amide bonds. The van der Waals surface area contributed by atoms with Gasteiger partial charge in [-0.15, -0.1) is 0 Å². The van der Waals surface area contributed by atoms with E-state index < -0.39 is 0 Å². The molecule has 16 heavy (non-hydrogen) atoms. The van der Waals surface area contributed by atoms with Crippen LogP contribution in [0.2, 0.25) is 0 Å². The van der Waals surface area contributed by atoms with Crippen LogP contribution in [0.5, 0.6) is 5.75 Å². The molecule has 1 aromatic rings. The summed E-state index contributed by atoms with van der Waals surface area (Å²) in [4.78, 5) is 0. The molecular formula is C13H18BrNO. The number of hydrogen-bond acceptors (Lipinski definition) is 2. The van der Waals surface area contributed by atoms with Crippen LogP contribution in [-0.4, -0.2) is 13.2 Å². The maximum atomic E-state index is 5.23. The van der Waals surface area contributed by atoms with E-state index in [1.54, 1.807) is 7.11 Å². The molecule has 1 saturated carbocycles. The summed E-state index contributed by atoms with van der Waals surface area (Å²) >= 11 is 3.57. The maximum Gasteiger partial charge on any atom is 0.119 e. The van der Waals surface area contributed by atoms with Crippen LogP contribution in [0, 0.1) is 5.92 Å². The molecule has 1 aromatic carbocycles. The minimum atomic E-state index is 0.725. The van der Waals surface area contributed by atoms with Crippen molar-refractivity contribution >= 4 is 15.9 Å². The zero-order valence-corrected chi connectivity index (χ0v) is 11.4. The van der Waals surface area contributed by atoms with Crippen LogP contribution in [0.1, 0.15) is 25.3 Å². The Kier molecular flexibility index (Phi) is 3.87. The van der Waals surface area contributed by atoms with Crippen molar-refractivity contribution in [3.05, 3.63) is 28.2 Å². The standard InChI is InChI=1S/C13H18BrNO/c1-3-9-7-13(9)15-8-10-6-11(16-2)4-5-12(10)14/h4-6,9,13,15H,3,7-8H2,1-2H3. The summed E-state index contributed by atoms with van der Waals surface area (Å²) in [6.45, 7) is 3.17. The predicted octanol–water partition coefficient (Wildman–Crippen LogP) is 3.35. The minimum Gasteiger partial charge on any atom is -0.497 e. The van der Waals surface area contributed by atoms with E-state index in [-0.39, 0.29) is 0 Å². The fourth-order valence-corrected chi connectivity index (χ4v) is 2.39. The van der Waals surface area contributed by atoms with Gasteiger partial charge in [-0.05, 0) is 36.1 Å². The van der Waals surface area contributed by atoms with E-state index in [1.165, 1.54) is 18.4 Å². The molecule has 0 spiro atoms. The molecule has 2 unspecified atom stereocenters. The van der Waals surface area contributed by atoms with Gasteiger partial charge in [-0.1, -0.05) is 29.3 Å². The van der Waals surface area contributed by atoms with E-state index in [0.717, 1.165) is 28.7 Å². The third-order valence-electron chi connectivity index (χ3n) is 3.25. The quantitative estimate of drug-likeness (QED) is 0.895. The van der Waals surface area contributed by atoms with Crippen molar-refractivity contribution < 1.29 is 4.74 Å². The van der Waals surface area contributed by atoms with Gasteiger partial charge in [0.25, 0.3) is 0 Å². The monoisotopic (exact) mass is 283 g/mol. The second kappa shape index (κ2) is 5.19. The summed E-state index contributed by atoms with van der Waals surface area (Å²) in [5.74, 6) is 1.81. The zero-order chi connectivity index (χ0) is 11.5. The van der Waals surface area contributed by atoms with Crippen molar-refractivity contribution in [2.24, 2.45) is 5.92 Å². The Morgan fingerprint density at radius 1 is 1.50 bits per heavy atom. The van der Waals surface area contributed by atoms with Gasteiger partial charge < -0.3 is 10.1 Å². The van der Waals surface area contributed by atoms with Gasteiger partial charge in [0, 0.05) is 17.1 Å². The summed E-state index contributed by atoms with van der Waals surface area (Å²) in [6.07, 6.45) is 2.62. The molecule has 0 saturated heterocycles. The number of halogens is 1. The second-order valence-corrected chi connectivity index (χ2v) is 5.20. The maximum absolute atomic E-state index is 5.23. The number of rotatable bonds is 5. The second-order valence-electron chi connectivity index (χ2n) is 4.35. The van der Waals surface area contributed by atoms with Gasteiger partial charge in [-0.25, -0.2) is 0 Å². The lowest BCUT2D eigenvalue weighted by Crippen LogP contribution is -2.17. The number of ether oxygens (including phenoxy) is 1. The van der Waals surface area contributed by atoms with E-state index in [1.807, 2.05) is 12.1 Å². The van der Waals surface area contributed by atoms with Gasteiger partial charge in [-0.3, -0.25) is 0 Å². The van der Waals surface area contributed by atoms with E-state index in [2.05, 4.69) is 34.2 Å². The van der Waals surface area contributed by atoms with Crippen LogP contribution in [0.3, 0.4) is 0 Å².